The van der Waals surface area contributed by atoms with Crippen LogP contribution in [-0.2, 0) is 11.4 Å². The van der Waals surface area contributed by atoms with Gasteiger partial charge in [-0.3, -0.25) is 9.59 Å². The van der Waals surface area contributed by atoms with Crippen molar-refractivity contribution in [3.05, 3.63) is 118 Å². The van der Waals surface area contributed by atoms with Crippen molar-refractivity contribution < 1.29 is 18.7 Å². The molecule has 0 saturated carbocycles. The smallest absolute Gasteiger partial charge is 0.318 e. The van der Waals surface area contributed by atoms with E-state index in [1.54, 1.807) is 29.3 Å². The van der Waals surface area contributed by atoms with Crippen molar-refractivity contribution in [2.45, 2.75) is 31.9 Å². The van der Waals surface area contributed by atoms with Crippen molar-refractivity contribution in [3.63, 3.8) is 0 Å². The summed E-state index contributed by atoms with van der Waals surface area (Å²) in [6, 6.07) is 23.0. The maximum absolute atomic E-state index is 13.8. The summed E-state index contributed by atoms with van der Waals surface area (Å²) in [7, 11) is 0. The maximum atomic E-state index is 13.8. The zero-order valence-electron chi connectivity index (χ0n) is 22.9. The van der Waals surface area contributed by atoms with Crippen LogP contribution in [0.15, 0.2) is 90.2 Å². The number of hydrazone groups is 1. The summed E-state index contributed by atoms with van der Waals surface area (Å²) in [5.74, 6) is -1.72. The van der Waals surface area contributed by atoms with Gasteiger partial charge in [-0.15, -0.1) is 0 Å². The molecule has 1 atom stereocenters. The summed E-state index contributed by atoms with van der Waals surface area (Å²) in [5.41, 5.74) is 7.45. The Morgan fingerprint density at radius 3 is 2.43 bits per heavy atom. The number of rotatable bonds is 9. The van der Waals surface area contributed by atoms with Crippen molar-refractivity contribution >= 4 is 34.9 Å². The van der Waals surface area contributed by atoms with E-state index in [2.05, 4.69) is 15.3 Å². The molecule has 0 fully saturated rings. The molecule has 0 aliphatic carbocycles. The number of carbonyl (C=O) groups is 2. The highest BCUT2D eigenvalue weighted by atomic mass is 35.5. The standard InChI is InChI=1S/C31H28ClFN6O3/c1-31(2,29(34)41)37-28(40)24-16-35-30(42-18-19-8-12-22(32)13-9-19)36-27(24)39-17-25(20-6-4-3-5-7-20)26(38-39)21-10-14-23(33)15-11-21/h3-16,25H,17-18H2,1-2H3,(H2,34,41)(H,37,40). The second kappa shape index (κ2) is 12.0. The number of aromatic nitrogens is 2. The van der Waals surface area contributed by atoms with Crippen LogP contribution in [0, 0.1) is 5.82 Å². The molecule has 2 heterocycles. The van der Waals surface area contributed by atoms with E-state index in [4.69, 9.17) is 27.2 Å². The Balaban J connectivity index is 1.54. The monoisotopic (exact) mass is 586 g/mol. The predicted octanol–water partition coefficient (Wildman–Crippen LogP) is 4.85. The number of hydrogen-bond donors (Lipinski definition) is 2. The summed E-state index contributed by atoms with van der Waals surface area (Å²) in [4.78, 5) is 34.2. The van der Waals surface area contributed by atoms with Crippen molar-refractivity contribution in [3.8, 4) is 6.01 Å². The molecule has 214 valence electrons. The fourth-order valence-electron chi connectivity index (χ4n) is 4.39. The summed E-state index contributed by atoms with van der Waals surface area (Å²) in [6.45, 7) is 3.49. The minimum Gasteiger partial charge on any atom is -0.459 e. The molecule has 1 aliphatic heterocycles. The van der Waals surface area contributed by atoms with Crippen LogP contribution >= 0.6 is 11.6 Å². The average molecular weight is 587 g/mol. The van der Waals surface area contributed by atoms with E-state index in [9.17, 15) is 14.0 Å². The van der Waals surface area contributed by atoms with Crippen LogP contribution in [0.4, 0.5) is 10.2 Å². The molecular weight excluding hydrogens is 559 g/mol. The molecule has 3 aromatic carbocycles. The number of carbonyl (C=O) groups excluding carboxylic acids is 2. The maximum Gasteiger partial charge on any atom is 0.318 e. The molecule has 0 spiro atoms. The number of nitrogens with two attached hydrogens (primary N) is 1. The lowest BCUT2D eigenvalue weighted by Crippen LogP contribution is -2.53. The van der Waals surface area contributed by atoms with Crippen LogP contribution < -0.4 is 20.8 Å². The molecule has 3 N–H and O–H groups in total. The first-order valence-electron chi connectivity index (χ1n) is 13.1. The number of primary amides is 1. The minimum atomic E-state index is -1.34. The number of nitrogens with zero attached hydrogens (tertiary/aromatic N) is 4. The normalized spacial score (nSPS) is 14.8. The van der Waals surface area contributed by atoms with Gasteiger partial charge in [0.15, 0.2) is 5.82 Å². The number of hydrogen-bond acceptors (Lipinski definition) is 7. The number of ether oxygens (including phenoxy) is 1. The Morgan fingerprint density at radius 2 is 1.76 bits per heavy atom. The second-order valence-corrected chi connectivity index (χ2v) is 10.7. The first kappa shape index (κ1) is 28.7. The molecule has 0 saturated heterocycles. The van der Waals surface area contributed by atoms with Gasteiger partial charge in [-0.1, -0.05) is 66.2 Å². The summed E-state index contributed by atoms with van der Waals surface area (Å²) >= 11 is 5.99. The number of nitrogens with one attached hydrogen (secondary N) is 1. The Labute approximate surface area is 247 Å². The summed E-state index contributed by atoms with van der Waals surface area (Å²) < 4.78 is 19.6. The first-order valence-corrected chi connectivity index (χ1v) is 13.5. The number of amides is 2. The van der Waals surface area contributed by atoms with E-state index in [-0.39, 0.29) is 35.7 Å². The first-order chi connectivity index (χ1) is 20.1. The van der Waals surface area contributed by atoms with Crippen molar-refractivity contribution in [2.24, 2.45) is 10.8 Å². The average Bonchev–Trinajstić information content (AvgIpc) is 3.43. The number of benzene rings is 3. The third-order valence-electron chi connectivity index (χ3n) is 6.81. The van der Waals surface area contributed by atoms with E-state index in [0.29, 0.717) is 17.3 Å². The number of halogens is 2. The molecule has 1 unspecified atom stereocenters. The van der Waals surface area contributed by atoms with Gasteiger partial charge in [-0.05, 0) is 54.8 Å². The molecular formula is C31H28ClFN6O3. The number of anilines is 1. The van der Waals surface area contributed by atoms with Gasteiger partial charge in [0.05, 0.1) is 12.3 Å². The highest BCUT2D eigenvalue weighted by Gasteiger charge is 2.35. The molecule has 2 amide bonds. The Morgan fingerprint density at radius 1 is 1.07 bits per heavy atom. The predicted molar refractivity (Wildman–Crippen MR) is 158 cm³/mol. The fourth-order valence-corrected chi connectivity index (χ4v) is 4.51. The van der Waals surface area contributed by atoms with Crippen LogP contribution in [0.2, 0.25) is 5.02 Å². The van der Waals surface area contributed by atoms with Crippen molar-refractivity contribution in [1.29, 1.82) is 0 Å². The van der Waals surface area contributed by atoms with Gasteiger partial charge in [-0.2, -0.15) is 10.1 Å². The van der Waals surface area contributed by atoms with Gasteiger partial charge < -0.3 is 15.8 Å². The van der Waals surface area contributed by atoms with E-state index < -0.39 is 17.4 Å². The molecule has 5 rings (SSSR count). The molecule has 0 radical (unpaired) electrons. The van der Waals surface area contributed by atoms with Crippen LogP contribution in [0.25, 0.3) is 0 Å². The topological polar surface area (TPSA) is 123 Å². The third kappa shape index (κ3) is 6.39. The van der Waals surface area contributed by atoms with Gasteiger partial charge in [0.1, 0.15) is 23.5 Å². The lowest BCUT2D eigenvalue weighted by molar-refractivity contribution is -0.122. The molecule has 4 aromatic rings. The van der Waals surface area contributed by atoms with Crippen LogP contribution in [0.1, 0.15) is 46.8 Å². The third-order valence-corrected chi connectivity index (χ3v) is 7.07. The molecule has 1 aliphatic rings. The molecule has 42 heavy (non-hydrogen) atoms. The van der Waals surface area contributed by atoms with Crippen molar-refractivity contribution in [2.75, 3.05) is 11.6 Å². The van der Waals surface area contributed by atoms with Crippen LogP contribution in [-0.4, -0.2) is 39.6 Å². The lowest BCUT2D eigenvalue weighted by atomic mass is 9.90. The second-order valence-electron chi connectivity index (χ2n) is 10.3. The molecule has 0 bridgehead atoms. The van der Waals surface area contributed by atoms with Crippen LogP contribution in [0.3, 0.4) is 0 Å². The summed E-state index contributed by atoms with van der Waals surface area (Å²) in [6.07, 6.45) is 1.33. The lowest BCUT2D eigenvalue weighted by Gasteiger charge is -2.24. The quantitative estimate of drug-likeness (QED) is 0.289. The van der Waals surface area contributed by atoms with Gasteiger partial charge in [0.2, 0.25) is 5.91 Å². The highest BCUT2D eigenvalue weighted by molar-refractivity contribution is 6.30. The molecule has 11 heteroatoms. The zero-order chi connectivity index (χ0) is 29.9. The van der Waals surface area contributed by atoms with Crippen molar-refractivity contribution in [1.82, 2.24) is 15.3 Å². The highest BCUT2D eigenvalue weighted by Crippen LogP contribution is 2.33. The van der Waals surface area contributed by atoms with Gasteiger partial charge >= 0.3 is 6.01 Å². The SMILES string of the molecule is CC(C)(NC(=O)c1cnc(OCc2ccc(Cl)cc2)nc1N1CC(c2ccccc2)C(c2ccc(F)cc2)=N1)C(N)=O. The Hall–Kier alpha value is -4.83. The zero-order valence-corrected chi connectivity index (χ0v) is 23.7. The van der Waals surface area contributed by atoms with Gasteiger partial charge in [-0.25, -0.2) is 14.4 Å². The van der Waals surface area contributed by atoms with Crippen LogP contribution in [0.5, 0.6) is 6.01 Å². The van der Waals surface area contributed by atoms with E-state index in [0.717, 1.165) is 16.7 Å². The Kier molecular flexibility index (Phi) is 8.17. The minimum absolute atomic E-state index is 0.0207. The summed E-state index contributed by atoms with van der Waals surface area (Å²) in [5, 5.41) is 9.70. The molecule has 1 aromatic heterocycles. The van der Waals surface area contributed by atoms with E-state index in [1.165, 1.54) is 32.2 Å². The Bertz CT molecular complexity index is 1630. The fraction of sp³-hybridized carbons (Fsp3) is 0.194. The molecule has 9 nitrogen and oxygen atoms in total. The van der Waals surface area contributed by atoms with Gasteiger partial charge in [0, 0.05) is 17.1 Å². The van der Waals surface area contributed by atoms with E-state index in [1.807, 2.05) is 42.5 Å². The van der Waals surface area contributed by atoms with E-state index >= 15 is 0 Å². The largest absolute Gasteiger partial charge is 0.459 e. The van der Waals surface area contributed by atoms with Gasteiger partial charge in [0.25, 0.3) is 5.91 Å².